The fraction of sp³-hybridized carbons (Fsp3) is 0.294. The van der Waals surface area contributed by atoms with E-state index < -0.39 is 0 Å². The Labute approximate surface area is 134 Å². The number of hydrogen-bond acceptors (Lipinski definition) is 4. The Morgan fingerprint density at radius 3 is 3.00 bits per heavy atom. The van der Waals surface area contributed by atoms with Gasteiger partial charge in [0.05, 0.1) is 6.61 Å². The number of ether oxygens (including phenoxy) is 1. The van der Waals surface area contributed by atoms with Gasteiger partial charge in [-0.1, -0.05) is 6.07 Å². The summed E-state index contributed by atoms with van der Waals surface area (Å²) in [5, 5.41) is 2.90. The minimum atomic E-state index is -0.156. The van der Waals surface area contributed by atoms with E-state index in [0.29, 0.717) is 24.0 Å². The van der Waals surface area contributed by atoms with Crippen LogP contribution in [0.5, 0.6) is 5.88 Å². The summed E-state index contributed by atoms with van der Waals surface area (Å²) in [7, 11) is 0. The van der Waals surface area contributed by atoms with Crippen molar-refractivity contribution in [3.63, 3.8) is 0 Å². The van der Waals surface area contributed by atoms with Crippen molar-refractivity contribution in [2.45, 2.75) is 17.7 Å². The lowest BCUT2D eigenvalue weighted by Crippen LogP contribution is -2.12. The van der Waals surface area contributed by atoms with Gasteiger partial charge >= 0.3 is 0 Å². The van der Waals surface area contributed by atoms with E-state index in [0.717, 1.165) is 10.6 Å². The molecule has 1 heterocycles. The van der Waals surface area contributed by atoms with Crippen LogP contribution in [0.25, 0.3) is 0 Å². The molecule has 2 aromatic rings. The molecule has 0 bridgehead atoms. The van der Waals surface area contributed by atoms with Crippen molar-refractivity contribution in [2.24, 2.45) is 5.92 Å². The predicted molar refractivity (Wildman–Crippen MR) is 88.6 cm³/mol. The van der Waals surface area contributed by atoms with Gasteiger partial charge in [0.1, 0.15) is 0 Å². The predicted octanol–water partition coefficient (Wildman–Crippen LogP) is 3.84. The molecular formula is C17H18N2O2S. The van der Waals surface area contributed by atoms with Crippen molar-refractivity contribution in [1.29, 1.82) is 0 Å². The number of aromatic nitrogens is 1. The Hall–Kier alpha value is -2.01. The zero-order valence-corrected chi connectivity index (χ0v) is 13.2. The van der Waals surface area contributed by atoms with Crippen LogP contribution < -0.4 is 10.1 Å². The molecule has 5 heteroatoms. The number of amides is 1. The molecule has 1 fully saturated rings. The van der Waals surface area contributed by atoms with Crippen LogP contribution >= 0.6 is 11.8 Å². The third kappa shape index (κ3) is 4.01. The van der Waals surface area contributed by atoms with Gasteiger partial charge < -0.3 is 10.1 Å². The summed E-state index contributed by atoms with van der Waals surface area (Å²) >= 11 is 1.64. The van der Waals surface area contributed by atoms with Crippen molar-refractivity contribution in [1.82, 2.24) is 4.98 Å². The maximum Gasteiger partial charge on any atom is 0.255 e. The van der Waals surface area contributed by atoms with Gasteiger partial charge in [-0.15, -0.1) is 11.8 Å². The molecule has 1 saturated carbocycles. The largest absolute Gasteiger partial charge is 0.477 e. The molecule has 1 aromatic carbocycles. The molecule has 1 aliphatic carbocycles. The topological polar surface area (TPSA) is 51.2 Å². The third-order valence-corrected chi connectivity index (χ3v) is 4.21. The van der Waals surface area contributed by atoms with E-state index in [9.17, 15) is 4.79 Å². The third-order valence-electron chi connectivity index (χ3n) is 3.49. The standard InChI is InChI=1S/C17H18N2O2S/c1-22-15-4-2-3-14(10-15)19-17(20)13-7-8-18-16(9-13)21-11-12-5-6-12/h2-4,7-10,12H,5-6,11H2,1H3,(H,19,20). The average molecular weight is 314 g/mol. The number of nitrogens with one attached hydrogen (secondary N) is 1. The zero-order valence-electron chi connectivity index (χ0n) is 12.4. The molecule has 3 rings (SSSR count). The molecule has 1 aliphatic rings. The molecule has 4 nitrogen and oxygen atoms in total. The number of rotatable bonds is 6. The van der Waals surface area contributed by atoms with Gasteiger partial charge in [0.2, 0.25) is 5.88 Å². The van der Waals surface area contributed by atoms with Crippen LogP contribution in [0.1, 0.15) is 23.2 Å². The fourth-order valence-electron chi connectivity index (χ4n) is 2.02. The second-order valence-corrected chi connectivity index (χ2v) is 6.20. The van der Waals surface area contributed by atoms with E-state index in [2.05, 4.69) is 10.3 Å². The SMILES string of the molecule is CSc1cccc(NC(=O)c2ccnc(OCC3CC3)c2)c1. The second kappa shape index (κ2) is 6.83. The minimum absolute atomic E-state index is 0.156. The number of hydrogen-bond donors (Lipinski definition) is 1. The average Bonchev–Trinajstić information content (AvgIpc) is 3.38. The van der Waals surface area contributed by atoms with Crippen LogP contribution in [-0.2, 0) is 0 Å². The molecule has 1 amide bonds. The lowest BCUT2D eigenvalue weighted by atomic mass is 10.2. The number of nitrogens with zero attached hydrogens (tertiary/aromatic N) is 1. The Bertz CT molecular complexity index is 671. The number of anilines is 1. The van der Waals surface area contributed by atoms with Crippen LogP contribution in [0, 0.1) is 5.92 Å². The van der Waals surface area contributed by atoms with Crippen LogP contribution in [0.2, 0.25) is 0 Å². The van der Waals surface area contributed by atoms with E-state index in [1.54, 1.807) is 30.1 Å². The molecule has 0 spiro atoms. The van der Waals surface area contributed by atoms with Gasteiger partial charge in [-0.3, -0.25) is 4.79 Å². The first-order chi connectivity index (χ1) is 10.7. The van der Waals surface area contributed by atoms with Crippen molar-refractivity contribution in [3.8, 4) is 5.88 Å². The van der Waals surface area contributed by atoms with Gasteiger partial charge in [0.25, 0.3) is 5.91 Å². The number of carbonyl (C=O) groups excluding carboxylic acids is 1. The van der Waals surface area contributed by atoms with E-state index in [1.165, 1.54) is 12.8 Å². The van der Waals surface area contributed by atoms with E-state index in [-0.39, 0.29) is 5.91 Å². The molecule has 0 unspecified atom stereocenters. The summed E-state index contributed by atoms with van der Waals surface area (Å²) in [4.78, 5) is 17.6. The number of carbonyl (C=O) groups is 1. The lowest BCUT2D eigenvalue weighted by molar-refractivity contribution is 0.102. The Morgan fingerprint density at radius 1 is 1.36 bits per heavy atom. The second-order valence-electron chi connectivity index (χ2n) is 5.32. The van der Waals surface area contributed by atoms with Gasteiger partial charge in [-0.2, -0.15) is 0 Å². The quantitative estimate of drug-likeness (QED) is 0.823. The normalized spacial score (nSPS) is 13.7. The Morgan fingerprint density at radius 2 is 2.23 bits per heavy atom. The molecule has 22 heavy (non-hydrogen) atoms. The minimum Gasteiger partial charge on any atom is -0.477 e. The summed E-state index contributed by atoms with van der Waals surface area (Å²) in [5.74, 6) is 1.02. The molecule has 1 aromatic heterocycles. The molecule has 0 atom stereocenters. The highest BCUT2D eigenvalue weighted by atomic mass is 32.2. The zero-order chi connectivity index (χ0) is 15.4. The van der Waals surface area contributed by atoms with Crippen molar-refractivity contribution >= 4 is 23.4 Å². The summed E-state index contributed by atoms with van der Waals surface area (Å²) < 4.78 is 5.61. The van der Waals surface area contributed by atoms with Crippen molar-refractivity contribution in [2.75, 3.05) is 18.2 Å². The first-order valence-corrected chi connectivity index (χ1v) is 8.51. The van der Waals surface area contributed by atoms with Crippen LogP contribution in [-0.4, -0.2) is 23.8 Å². The van der Waals surface area contributed by atoms with Crippen LogP contribution in [0.4, 0.5) is 5.69 Å². The first-order valence-electron chi connectivity index (χ1n) is 7.29. The van der Waals surface area contributed by atoms with E-state index in [4.69, 9.17) is 4.74 Å². The number of pyridine rings is 1. The van der Waals surface area contributed by atoms with Gasteiger partial charge in [-0.25, -0.2) is 4.98 Å². The van der Waals surface area contributed by atoms with Crippen LogP contribution in [0.15, 0.2) is 47.5 Å². The molecule has 1 N–H and O–H groups in total. The number of benzene rings is 1. The summed E-state index contributed by atoms with van der Waals surface area (Å²) in [5.41, 5.74) is 1.34. The maximum absolute atomic E-state index is 12.3. The van der Waals surface area contributed by atoms with Crippen molar-refractivity contribution < 1.29 is 9.53 Å². The molecular weight excluding hydrogens is 296 g/mol. The molecule has 114 valence electrons. The monoisotopic (exact) mass is 314 g/mol. The summed E-state index contributed by atoms with van der Waals surface area (Å²) in [6, 6.07) is 11.2. The van der Waals surface area contributed by atoms with E-state index in [1.807, 2.05) is 30.5 Å². The van der Waals surface area contributed by atoms with Gasteiger partial charge in [-0.05, 0) is 49.3 Å². The first kappa shape index (κ1) is 14.9. The van der Waals surface area contributed by atoms with E-state index >= 15 is 0 Å². The molecule has 0 radical (unpaired) electrons. The molecule has 0 aliphatic heterocycles. The highest BCUT2D eigenvalue weighted by Crippen LogP contribution is 2.29. The Balaban J connectivity index is 1.66. The highest BCUT2D eigenvalue weighted by molar-refractivity contribution is 7.98. The van der Waals surface area contributed by atoms with Crippen molar-refractivity contribution in [3.05, 3.63) is 48.2 Å². The van der Waals surface area contributed by atoms with Gasteiger partial charge in [0, 0.05) is 28.4 Å². The Kier molecular flexibility index (Phi) is 4.63. The summed E-state index contributed by atoms with van der Waals surface area (Å²) in [6.45, 7) is 0.688. The number of thioether (sulfide) groups is 1. The van der Waals surface area contributed by atoms with Gasteiger partial charge in [0.15, 0.2) is 0 Å². The molecule has 0 saturated heterocycles. The lowest BCUT2D eigenvalue weighted by Gasteiger charge is -2.08. The maximum atomic E-state index is 12.3. The highest BCUT2D eigenvalue weighted by Gasteiger charge is 2.22. The van der Waals surface area contributed by atoms with Crippen LogP contribution in [0.3, 0.4) is 0 Å². The fourth-order valence-corrected chi connectivity index (χ4v) is 2.48. The smallest absolute Gasteiger partial charge is 0.255 e. The summed E-state index contributed by atoms with van der Waals surface area (Å²) in [6.07, 6.45) is 6.07.